The summed E-state index contributed by atoms with van der Waals surface area (Å²) >= 11 is 0. The highest BCUT2D eigenvalue weighted by atomic mass is 16.2. The monoisotopic (exact) mass is 249 g/mol. The fraction of sp³-hybridized carbons (Fsp3) is 0.786. The maximum absolute atomic E-state index is 11.7. The molecule has 1 spiro atoms. The molecule has 0 bridgehead atoms. The molecule has 4 heteroatoms. The summed E-state index contributed by atoms with van der Waals surface area (Å²) in [6.07, 6.45) is 10.2. The molecular weight excluding hydrogens is 226 g/mol. The third kappa shape index (κ3) is 3.47. The Bertz CT molecular complexity index is 323. The highest BCUT2D eigenvalue weighted by Gasteiger charge is 2.36. The van der Waals surface area contributed by atoms with E-state index in [0.717, 1.165) is 26.2 Å². The second-order valence-electron chi connectivity index (χ2n) is 5.58. The lowest BCUT2D eigenvalue weighted by molar-refractivity contribution is -0.122. The molecule has 100 valence electrons. The van der Waals surface area contributed by atoms with Gasteiger partial charge in [-0.2, -0.15) is 0 Å². The molecule has 2 saturated heterocycles. The van der Waals surface area contributed by atoms with Crippen molar-refractivity contribution in [3.05, 3.63) is 0 Å². The van der Waals surface area contributed by atoms with Crippen molar-refractivity contribution in [2.75, 3.05) is 39.3 Å². The number of hydrogen-bond donors (Lipinski definition) is 2. The van der Waals surface area contributed by atoms with Gasteiger partial charge in [0.15, 0.2) is 0 Å². The number of piperidine rings is 2. The number of terminal acetylenes is 1. The van der Waals surface area contributed by atoms with Gasteiger partial charge in [-0.25, -0.2) is 0 Å². The van der Waals surface area contributed by atoms with Crippen LogP contribution in [-0.4, -0.2) is 50.1 Å². The summed E-state index contributed by atoms with van der Waals surface area (Å²) in [5, 5.41) is 6.24. The Labute approximate surface area is 109 Å². The molecule has 18 heavy (non-hydrogen) atoms. The number of hydrogen-bond acceptors (Lipinski definition) is 3. The van der Waals surface area contributed by atoms with E-state index in [4.69, 9.17) is 6.42 Å². The van der Waals surface area contributed by atoms with Gasteiger partial charge in [0.2, 0.25) is 5.91 Å². The predicted octanol–water partition coefficient (Wildman–Crippen LogP) is 0.201. The summed E-state index contributed by atoms with van der Waals surface area (Å²) in [5.41, 5.74) is 0.406. The van der Waals surface area contributed by atoms with Crippen LogP contribution in [0, 0.1) is 17.8 Å². The van der Waals surface area contributed by atoms with Crippen LogP contribution in [-0.2, 0) is 4.79 Å². The number of nitrogens with one attached hydrogen (secondary N) is 2. The third-order valence-corrected chi connectivity index (χ3v) is 4.06. The summed E-state index contributed by atoms with van der Waals surface area (Å²) in [5.74, 6) is 2.48. The molecule has 0 saturated carbocycles. The highest BCUT2D eigenvalue weighted by Crippen LogP contribution is 2.35. The van der Waals surface area contributed by atoms with Gasteiger partial charge in [-0.1, -0.05) is 5.92 Å². The van der Waals surface area contributed by atoms with Crippen molar-refractivity contribution in [1.82, 2.24) is 15.5 Å². The Kier molecular flexibility index (Phi) is 4.62. The number of carbonyl (C=O) groups excluding carboxylic acids is 1. The van der Waals surface area contributed by atoms with E-state index in [2.05, 4.69) is 21.5 Å². The minimum Gasteiger partial charge on any atom is -0.344 e. The Balaban J connectivity index is 1.83. The van der Waals surface area contributed by atoms with E-state index in [1.807, 2.05) is 0 Å². The molecule has 0 aromatic rings. The van der Waals surface area contributed by atoms with Crippen LogP contribution >= 0.6 is 0 Å². The molecule has 2 rings (SSSR count). The van der Waals surface area contributed by atoms with Gasteiger partial charge in [-0.05, 0) is 44.2 Å². The van der Waals surface area contributed by atoms with Crippen molar-refractivity contribution in [3.8, 4) is 12.3 Å². The number of nitrogens with zero attached hydrogens (tertiary/aromatic N) is 1. The molecule has 0 aliphatic carbocycles. The molecule has 0 radical (unpaired) electrons. The molecule has 2 aliphatic rings. The van der Waals surface area contributed by atoms with Crippen molar-refractivity contribution < 1.29 is 4.79 Å². The third-order valence-electron chi connectivity index (χ3n) is 4.06. The second-order valence-corrected chi connectivity index (χ2v) is 5.58. The lowest BCUT2D eigenvalue weighted by Crippen LogP contribution is -2.52. The van der Waals surface area contributed by atoms with Crippen LogP contribution in [0.25, 0.3) is 0 Å². The van der Waals surface area contributed by atoms with Crippen LogP contribution in [0.1, 0.15) is 25.7 Å². The van der Waals surface area contributed by atoms with Gasteiger partial charge < -0.3 is 10.6 Å². The standard InChI is InChI=1S/C14H23N3O/c1-2-7-16-13(18)10-17-9-4-6-14(12-17)5-3-8-15-11-14/h1,15H,3-12H2,(H,16,18). The number of carbonyl (C=O) groups is 1. The lowest BCUT2D eigenvalue weighted by atomic mass is 9.74. The molecule has 0 aromatic carbocycles. The van der Waals surface area contributed by atoms with Crippen molar-refractivity contribution in [1.29, 1.82) is 0 Å². The van der Waals surface area contributed by atoms with Crippen LogP contribution in [0.3, 0.4) is 0 Å². The fourth-order valence-corrected chi connectivity index (χ4v) is 3.23. The number of likely N-dealkylation sites (tertiary alicyclic amines) is 1. The first-order chi connectivity index (χ1) is 8.74. The zero-order valence-corrected chi connectivity index (χ0v) is 11.0. The fourth-order valence-electron chi connectivity index (χ4n) is 3.23. The van der Waals surface area contributed by atoms with Crippen molar-refractivity contribution in [2.24, 2.45) is 5.41 Å². The summed E-state index contributed by atoms with van der Waals surface area (Å²) in [4.78, 5) is 14.0. The largest absolute Gasteiger partial charge is 0.344 e. The predicted molar refractivity (Wildman–Crippen MR) is 72.1 cm³/mol. The molecular formula is C14H23N3O. The molecule has 4 nitrogen and oxygen atoms in total. The zero-order chi connectivity index (χ0) is 12.8. The summed E-state index contributed by atoms with van der Waals surface area (Å²) < 4.78 is 0. The van der Waals surface area contributed by atoms with Gasteiger partial charge >= 0.3 is 0 Å². The van der Waals surface area contributed by atoms with Gasteiger partial charge in [0.05, 0.1) is 13.1 Å². The zero-order valence-electron chi connectivity index (χ0n) is 11.0. The quantitative estimate of drug-likeness (QED) is 0.702. The van der Waals surface area contributed by atoms with E-state index in [-0.39, 0.29) is 5.91 Å². The molecule has 2 N–H and O–H groups in total. The van der Waals surface area contributed by atoms with Crippen molar-refractivity contribution in [2.45, 2.75) is 25.7 Å². The minimum atomic E-state index is 0.0498. The summed E-state index contributed by atoms with van der Waals surface area (Å²) in [6, 6.07) is 0. The SMILES string of the molecule is C#CCNC(=O)CN1CCCC2(CCCNC2)C1. The highest BCUT2D eigenvalue weighted by molar-refractivity contribution is 5.78. The smallest absolute Gasteiger partial charge is 0.234 e. The maximum Gasteiger partial charge on any atom is 0.234 e. The Morgan fingerprint density at radius 3 is 3.00 bits per heavy atom. The van der Waals surface area contributed by atoms with E-state index in [1.165, 1.54) is 25.7 Å². The van der Waals surface area contributed by atoms with Crippen molar-refractivity contribution in [3.63, 3.8) is 0 Å². The van der Waals surface area contributed by atoms with Crippen molar-refractivity contribution >= 4 is 5.91 Å². The average molecular weight is 249 g/mol. The van der Waals surface area contributed by atoms with E-state index in [0.29, 0.717) is 18.5 Å². The van der Waals surface area contributed by atoms with Crippen LogP contribution in [0.15, 0.2) is 0 Å². The van der Waals surface area contributed by atoms with Crippen LogP contribution in [0.5, 0.6) is 0 Å². The summed E-state index contributed by atoms with van der Waals surface area (Å²) in [6.45, 7) is 5.15. The topological polar surface area (TPSA) is 44.4 Å². The maximum atomic E-state index is 11.7. The first-order valence-corrected chi connectivity index (χ1v) is 6.87. The molecule has 1 atom stereocenters. The second kappa shape index (κ2) is 6.21. The average Bonchev–Trinajstić information content (AvgIpc) is 2.37. The van der Waals surface area contributed by atoms with Gasteiger partial charge in [0.1, 0.15) is 0 Å². The van der Waals surface area contributed by atoms with Gasteiger partial charge in [-0.3, -0.25) is 9.69 Å². The van der Waals surface area contributed by atoms with E-state index >= 15 is 0 Å². The van der Waals surface area contributed by atoms with E-state index in [1.54, 1.807) is 0 Å². The summed E-state index contributed by atoms with van der Waals surface area (Å²) in [7, 11) is 0. The molecule has 0 aromatic heterocycles. The normalized spacial score (nSPS) is 28.8. The van der Waals surface area contributed by atoms with E-state index in [9.17, 15) is 4.79 Å². The molecule has 2 aliphatic heterocycles. The Hall–Kier alpha value is -1.05. The van der Waals surface area contributed by atoms with Crippen LogP contribution < -0.4 is 10.6 Å². The van der Waals surface area contributed by atoms with Gasteiger partial charge in [0, 0.05) is 13.1 Å². The number of amides is 1. The Morgan fingerprint density at radius 1 is 1.44 bits per heavy atom. The first-order valence-electron chi connectivity index (χ1n) is 6.87. The molecule has 1 unspecified atom stereocenters. The van der Waals surface area contributed by atoms with Gasteiger partial charge in [0.25, 0.3) is 0 Å². The first kappa shape index (κ1) is 13.4. The number of rotatable bonds is 3. The van der Waals surface area contributed by atoms with E-state index < -0.39 is 0 Å². The van der Waals surface area contributed by atoms with Crippen LogP contribution in [0.4, 0.5) is 0 Å². The minimum absolute atomic E-state index is 0.0498. The van der Waals surface area contributed by atoms with Crippen LogP contribution in [0.2, 0.25) is 0 Å². The molecule has 2 heterocycles. The lowest BCUT2D eigenvalue weighted by Gasteiger charge is -2.45. The molecule has 1 amide bonds. The molecule has 2 fully saturated rings. The van der Waals surface area contributed by atoms with Gasteiger partial charge in [-0.15, -0.1) is 6.42 Å². The Morgan fingerprint density at radius 2 is 2.28 bits per heavy atom.